The highest BCUT2D eigenvalue weighted by Gasteiger charge is 2.47. The Morgan fingerprint density at radius 1 is 1.10 bits per heavy atom. The van der Waals surface area contributed by atoms with Crippen molar-refractivity contribution in [1.82, 2.24) is 24.9 Å². The number of carbonyl (C=O) groups excluding carboxylic acids is 1. The fraction of sp³-hybridized carbons (Fsp3) is 0.476. The van der Waals surface area contributed by atoms with Gasteiger partial charge in [-0.25, -0.2) is 5.10 Å². The van der Waals surface area contributed by atoms with Crippen LogP contribution in [0.2, 0.25) is 0 Å². The molecule has 2 aliphatic rings. The standard InChI is InChI=1S/C21H27N5O3/c1-24-11-13-25(14-12-24)18-15-26(20(28)17-7-8-19(27)23-22-17)10-9-21(18,29)16-5-3-2-4-6-16/h2-8,18,29H,9-15H2,1H3,(H,23,27)/t18-,21+/m1/s1. The number of nitrogens with zero attached hydrogens (tertiary/aromatic N) is 4. The number of aromatic nitrogens is 2. The average Bonchev–Trinajstić information content (AvgIpc) is 2.75. The van der Waals surface area contributed by atoms with Crippen LogP contribution in [-0.4, -0.2) is 88.3 Å². The second-order valence-electron chi connectivity index (χ2n) is 7.95. The van der Waals surface area contributed by atoms with Crippen molar-refractivity contribution in [2.75, 3.05) is 46.3 Å². The zero-order chi connectivity index (χ0) is 20.4. The number of carbonyl (C=O) groups is 1. The quantitative estimate of drug-likeness (QED) is 0.764. The minimum atomic E-state index is -1.02. The number of hydrogen-bond donors (Lipinski definition) is 2. The summed E-state index contributed by atoms with van der Waals surface area (Å²) in [6, 6.07) is 12.3. The van der Waals surface area contributed by atoms with Gasteiger partial charge in [0.2, 0.25) is 0 Å². The highest BCUT2D eigenvalue weighted by molar-refractivity contribution is 5.92. The zero-order valence-electron chi connectivity index (χ0n) is 16.6. The fourth-order valence-electron chi connectivity index (χ4n) is 4.35. The van der Waals surface area contributed by atoms with Gasteiger partial charge in [0.25, 0.3) is 11.5 Å². The van der Waals surface area contributed by atoms with Crippen molar-refractivity contribution in [3.63, 3.8) is 0 Å². The topological polar surface area (TPSA) is 92.8 Å². The molecule has 1 amide bonds. The largest absolute Gasteiger partial charge is 0.383 e. The van der Waals surface area contributed by atoms with Crippen LogP contribution in [-0.2, 0) is 5.60 Å². The summed E-state index contributed by atoms with van der Waals surface area (Å²) in [7, 11) is 2.10. The molecule has 8 nitrogen and oxygen atoms in total. The number of benzene rings is 1. The van der Waals surface area contributed by atoms with E-state index in [2.05, 4.69) is 27.0 Å². The van der Waals surface area contributed by atoms with E-state index in [1.807, 2.05) is 30.3 Å². The van der Waals surface area contributed by atoms with Gasteiger partial charge in [-0.05, 0) is 25.1 Å². The van der Waals surface area contributed by atoms with Crippen molar-refractivity contribution >= 4 is 5.91 Å². The third-order valence-corrected chi connectivity index (χ3v) is 6.15. The second-order valence-corrected chi connectivity index (χ2v) is 7.95. The maximum Gasteiger partial charge on any atom is 0.274 e. The van der Waals surface area contributed by atoms with Crippen molar-refractivity contribution in [1.29, 1.82) is 0 Å². The molecule has 3 heterocycles. The number of piperidine rings is 1. The molecular formula is C21H27N5O3. The summed E-state index contributed by atoms with van der Waals surface area (Å²) in [5.74, 6) is -0.226. The van der Waals surface area contributed by atoms with E-state index in [-0.39, 0.29) is 23.2 Å². The molecule has 0 radical (unpaired) electrons. The highest BCUT2D eigenvalue weighted by atomic mass is 16.3. The van der Waals surface area contributed by atoms with Gasteiger partial charge >= 0.3 is 0 Å². The van der Waals surface area contributed by atoms with Crippen LogP contribution in [0, 0.1) is 0 Å². The number of nitrogens with one attached hydrogen (secondary N) is 1. The normalized spacial score (nSPS) is 26.4. The molecule has 0 saturated carbocycles. The Bertz CT molecular complexity index is 890. The lowest BCUT2D eigenvalue weighted by Gasteiger charge is -2.51. The van der Waals surface area contributed by atoms with Crippen LogP contribution in [0.5, 0.6) is 0 Å². The number of piperazine rings is 1. The van der Waals surface area contributed by atoms with Crippen LogP contribution in [0.3, 0.4) is 0 Å². The van der Waals surface area contributed by atoms with Gasteiger partial charge in [0, 0.05) is 45.3 Å². The molecule has 2 atom stereocenters. The van der Waals surface area contributed by atoms with Crippen molar-refractivity contribution in [3.8, 4) is 0 Å². The Hall–Kier alpha value is -2.55. The summed E-state index contributed by atoms with van der Waals surface area (Å²) < 4.78 is 0. The summed E-state index contributed by atoms with van der Waals surface area (Å²) >= 11 is 0. The van der Waals surface area contributed by atoms with E-state index in [9.17, 15) is 14.7 Å². The van der Waals surface area contributed by atoms with Gasteiger partial charge in [0.05, 0.1) is 6.04 Å². The maximum absolute atomic E-state index is 13.0. The number of aliphatic hydroxyl groups is 1. The Kier molecular flexibility index (Phi) is 5.49. The molecule has 8 heteroatoms. The third kappa shape index (κ3) is 3.96. The van der Waals surface area contributed by atoms with E-state index in [0.29, 0.717) is 19.5 Å². The second kappa shape index (κ2) is 8.06. The summed E-state index contributed by atoms with van der Waals surface area (Å²) in [6.45, 7) is 4.38. The molecule has 1 aromatic carbocycles. The third-order valence-electron chi connectivity index (χ3n) is 6.15. The Balaban J connectivity index is 1.61. The van der Waals surface area contributed by atoms with Crippen LogP contribution in [0.25, 0.3) is 0 Å². The molecule has 154 valence electrons. The molecule has 2 fully saturated rings. The molecule has 2 aliphatic heterocycles. The van der Waals surface area contributed by atoms with Crippen LogP contribution in [0.4, 0.5) is 0 Å². The van der Waals surface area contributed by atoms with Gasteiger partial charge in [-0.2, -0.15) is 5.10 Å². The van der Waals surface area contributed by atoms with Gasteiger partial charge < -0.3 is 14.9 Å². The van der Waals surface area contributed by atoms with E-state index < -0.39 is 5.60 Å². The number of aromatic amines is 1. The molecule has 1 aromatic heterocycles. The van der Waals surface area contributed by atoms with E-state index in [4.69, 9.17) is 0 Å². The number of likely N-dealkylation sites (N-methyl/N-ethyl adjacent to an activating group) is 1. The lowest BCUT2D eigenvalue weighted by Crippen LogP contribution is -2.64. The van der Waals surface area contributed by atoms with Crippen LogP contribution < -0.4 is 5.56 Å². The first kappa shape index (κ1) is 19.8. The van der Waals surface area contributed by atoms with E-state index in [1.54, 1.807) is 4.90 Å². The molecule has 0 spiro atoms. The first-order valence-electron chi connectivity index (χ1n) is 10.0. The van der Waals surface area contributed by atoms with Crippen LogP contribution in [0.15, 0.2) is 47.3 Å². The number of rotatable bonds is 3. The Morgan fingerprint density at radius 2 is 1.83 bits per heavy atom. The average molecular weight is 397 g/mol. The van der Waals surface area contributed by atoms with E-state index >= 15 is 0 Å². The molecule has 4 rings (SSSR count). The fourth-order valence-corrected chi connectivity index (χ4v) is 4.35. The summed E-state index contributed by atoms with van der Waals surface area (Å²) in [5.41, 5.74) is -0.258. The van der Waals surface area contributed by atoms with Gasteiger partial charge in [-0.3, -0.25) is 14.5 Å². The van der Waals surface area contributed by atoms with Gasteiger partial charge in [-0.15, -0.1) is 0 Å². The Morgan fingerprint density at radius 3 is 2.48 bits per heavy atom. The lowest BCUT2D eigenvalue weighted by atomic mass is 9.79. The molecule has 0 bridgehead atoms. The molecule has 2 N–H and O–H groups in total. The number of H-pyrrole nitrogens is 1. The van der Waals surface area contributed by atoms with Crippen LogP contribution in [0.1, 0.15) is 22.5 Å². The van der Waals surface area contributed by atoms with Gasteiger partial charge in [0.15, 0.2) is 0 Å². The molecule has 29 heavy (non-hydrogen) atoms. The van der Waals surface area contributed by atoms with Crippen molar-refractivity contribution in [3.05, 3.63) is 64.1 Å². The van der Waals surface area contributed by atoms with Crippen molar-refractivity contribution < 1.29 is 9.90 Å². The number of likely N-dealkylation sites (tertiary alicyclic amines) is 1. The zero-order valence-corrected chi connectivity index (χ0v) is 16.6. The summed E-state index contributed by atoms with van der Waals surface area (Å²) in [6.07, 6.45) is 0.448. The molecule has 2 aromatic rings. The predicted molar refractivity (Wildman–Crippen MR) is 109 cm³/mol. The number of hydrogen-bond acceptors (Lipinski definition) is 6. The highest BCUT2D eigenvalue weighted by Crippen LogP contribution is 2.36. The van der Waals surface area contributed by atoms with E-state index in [0.717, 1.165) is 31.7 Å². The van der Waals surface area contributed by atoms with Crippen molar-refractivity contribution in [2.45, 2.75) is 18.1 Å². The van der Waals surface area contributed by atoms with Crippen LogP contribution >= 0.6 is 0 Å². The molecular weight excluding hydrogens is 370 g/mol. The van der Waals surface area contributed by atoms with Gasteiger partial charge in [0.1, 0.15) is 11.3 Å². The maximum atomic E-state index is 13.0. The van der Waals surface area contributed by atoms with Gasteiger partial charge in [-0.1, -0.05) is 30.3 Å². The monoisotopic (exact) mass is 397 g/mol. The first-order valence-corrected chi connectivity index (χ1v) is 10.0. The molecule has 0 aliphatic carbocycles. The van der Waals surface area contributed by atoms with E-state index in [1.165, 1.54) is 12.1 Å². The molecule has 0 unspecified atom stereocenters. The predicted octanol–water partition coefficient (Wildman–Crippen LogP) is 0.120. The first-order chi connectivity index (χ1) is 14.0. The summed E-state index contributed by atoms with van der Waals surface area (Å²) in [4.78, 5) is 30.5. The molecule has 2 saturated heterocycles. The number of amides is 1. The lowest BCUT2D eigenvalue weighted by molar-refractivity contribution is -0.101. The minimum absolute atomic E-state index is 0.209. The summed E-state index contributed by atoms with van der Waals surface area (Å²) in [5, 5.41) is 18.0. The van der Waals surface area contributed by atoms with Crippen molar-refractivity contribution in [2.24, 2.45) is 0 Å². The minimum Gasteiger partial charge on any atom is -0.383 e. The Labute approximate surface area is 169 Å². The SMILES string of the molecule is CN1CCN([C@@H]2CN(C(=O)c3ccc(=O)[nH]n3)CC[C@]2(O)c2ccccc2)CC1. The smallest absolute Gasteiger partial charge is 0.274 e.